The maximum absolute atomic E-state index is 13.0. The third kappa shape index (κ3) is 5.18. The number of carbonyl (C=O) groups is 2. The van der Waals surface area contributed by atoms with Crippen molar-refractivity contribution < 1.29 is 26.8 Å². The van der Waals surface area contributed by atoms with Gasteiger partial charge < -0.3 is 5.32 Å². The molecule has 11 heteroatoms. The normalized spacial score (nSPS) is 12.2. The first-order chi connectivity index (χ1) is 12.8. The van der Waals surface area contributed by atoms with E-state index in [1.54, 1.807) is 20.8 Å². The van der Waals surface area contributed by atoms with Gasteiger partial charge >= 0.3 is 0 Å². The summed E-state index contributed by atoms with van der Waals surface area (Å²) in [5, 5.41) is 8.79. The van der Waals surface area contributed by atoms with Crippen LogP contribution in [0, 0.1) is 5.41 Å². The van der Waals surface area contributed by atoms with Crippen molar-refractivity contribution in [3.05, 3.63) is 35.5 Å². The van der Waals surface area contributed by atoms with Crippen LogP contribution in [0.3, 0.4) is 0 Å². The fourth-order valence-electron chi connectivity index (χ4n) is 2.10. The molecule has 0 bridgehead atoms. The number of carbonyl (C=O) groups excluding carboxylic acids is 2. The van der Waals surface area contributed by atoms with Crippen molar-refractivity contribution in [1.29, 1.82) is 0 Å². The molecule has 0 aliphatic heterocycles. The molecule has 1 heterocycles. The number of rotatable bonds is 6. The molecule has 2 rings (SSSR count). The van der Waals surface area contributed by atoms with Gasteiger partial charge in [-0.3, -0.25) is 9.59 Å². The zero-order valence-electron chi connectivity index (χ0n) is 15.7. The Hall–Kier alpha value is -2.69. The molecule has 1 amide bonds. The Morgan fingerprint density at radius 3 is 2.14 bits per heavy atom. The monoisotopic (exact) mass is 414 g/mol. The quantitative estimate of drug-likeness (QED) is 0.727. The van der Waals surface area contributed by atoms with Crippen LogP contribution >= 0.6 is 0 Å². The second-order valence-corrected chi connectivity index (χ2v) is 9.13. The van der Waals surface area contributed by atoms with Gasteiger partial charge in [-0.1, -0.05) is 20.8 Å². The van der Waals surface area contributed by atoms with Gasteiger partial charge in [-0.15, -0.1) is 5.10 Å². The maximum Gasteiger partial charge on any atom is 0.285 e. The number of hydrogen-bond donors (Lipinski definition) is 1. The first-order valence-corrected chi connectivity index (χ1v) is 10.1. The van der Waals surface area contributed by atoms with Gasteiger partial charge in [0.2, 0.25) is 10.9 Å². The molecule has 0 aliphatic rings. The zero-order chi connectivity index (χ0) is 21.3. The number of nitrogens with zero attached hydrogens (tertiary/aromatic N) is 3. The summed E-state index contributed by atoms with van der Waals surface area (Å²) in [6.07, 6.45) is -2.40. The van der Waals surface area contributed by atoms with Crippen LogP contribution in [0.25, 0.3) is 0 Å². The minimum atomic E-state index is -4.01. The molecule has 0 saturated heterocycles. The van der Waals surface area contributed by atoms with E-state index in [-0.39, 0.29) is 11.5 Å². The molecule has 0 unspecified atom stereocenters. The van der Waals surface area contributed by atoms with Crippen LogP contribution in [0.2, 0.25) is 0 Å². The third-order valence-electron chi connectivity index (χ3n) is 3.64. The number of aromatic nitrogens is 3. The van der Waals surface area contributed by atoms with Crippen molar-refractivity contribution in [3.8, 4) is 0 Å². The van der Waals surface area contributed by atoms with Crippen molar-refractivity contribution in [3.63, 3.8) is 0 Å². The second-order valence-electron chi connectivity index (χ2n) is 7.20. The Morgan fingerprint density at radius 1 is 1.14 bits per heavy atom. The molecule has 8 nitrogen and oxygen atoms in total. The summed E-state index contributed by atoms with van der Waals surface area (Å²) in [6, 6.07) is 5.96. The summed E-state index contributed by atoms with van der Waals surface area (Å²) in [5.74, 6) is -0.704. The van der Waals surface area contributed by atoms with Crippen LogP contribution in [-0.4, -0.2) is 41.4 Å². The SMILES string of the molecule is CC(C)(C)C(=O)Nc1ccc(C(=O)Cn2nc(C(F)F)c(S(C)(=O)=O)n2)cc1. The number of alkyl halides is 2. The van der Waals surface area contributed by atoms with Crippen LogP contribution in [-0.2, 0) is 21.2 Å². The number of Topliss-reactive ketones (excluding diaryl/α,β-unsaturated/α-hetero) is 1. The number of anilines is 1. The molecule has 0 radical (unpaired) electrons. The van der Waals surface area contributed by atoms with Crippen LogP contribution in [0.15, 0.2) is 29.3 Å². The third-order valence-corrected chi connectivity index (χ3v) is 4.63. The van der Waals surface area contributed by atoms with E-state index >= 15 is 0 Å². The van der Waals surface area contributed by atoms with E-state index in [0.717, 1.165) is 6.26 Å². The summed E-state index contributed by atoms with van der Waals surface area (Å²) in [5.41, 5.74) is -0.853. The number of sulfone groups is 1. The molecule has 0 fully saturated rings. The number of hydrogen-bond acceptors (Lipinski definition) is 6. The summed E-state index contributed by atoms with van der Waals surface area (Å²) in [7, 11) is -4.01. The predicted octanol–water partition coefficient (Wildman–Crippen LogP) is 2.49. The van der Waals surface area contributed by atoms with Gasteiger partial charge in [-0.2, -0.15) is 9.90 Å². The van der Waals surface area contributed by atoms with Gasteiger partial charge in [0.25, 0.3) is 6.43 Å². The molecule has 0 aliphatic carbocycles. The standard InChI is InChI=1S/C17H20F2N4O4S/c1-17(2,3)16(25)20-11-7-5-10(6-8-11)12(24)9-23-21-13(14(18)19)15(22-23)28(4,26)27/h5-8,14H,9H2,1-4H3,(H,20,25). The molecule has 2 aromatic rings. The molecular weight excluding hydrogens is 394 g/mol. The van der Waals surface area contributed by atoms with Crippen molar-refractivity contribution in [2.45, 2.75) is 38.8 Å². The van der Waals surface area contributed by atoms with E-state index in [0.29, 0.717) is 10.5 Å². The molecule has 28 heavy (non-hydrogen) atoms. The molecular formula is C17H20F2N4O4S. The Bertz CT molecular complexity index is 993. The zero-order valence-corrected chi connectivity index (χ0v) is 16.5. The largest absolute Gasteiger partial charge is 0.326 e. The molecule has 0 spiro atoms. The van der Waals surface area contributed by atoms with Crippen molar-refractivity contribution in [2.75, 3.05) is 11.6 Å². The lowest BCUT2D eigenvalue weighted by Gasteiger charge is -2.17. The van der Waals surface area contributed by atoms with Crippen LogP contribution in [0.4, 0.5) is 14.5 Å². The maximum atomic E-state index is 13.0. The van der Waals surface area contributed by atoms with Gasteiger partial charge in [0.05, 0.1) is 0 Å². The predicted molar refractivity (Wildman–Crippen MR) is 96.9 cm³/mol. The van der Waals surface area contributed by atoms with Crippen molar-refractivity contribution >= 4 is 27.2 Å². The highest BCUT2D eigenvalue weighted by atomic mass is 32.2. The van der Waals surface area contributed by atoms with E-state index < -0.39 is 44.7 Å². The fourth-order valence-corrected chi connectivity index (χ4v) is 2.85. The Balaban J connectivity index is 2.16. The minimum absolute atomic E-state index is 0.194. The number of halogens is 2. The fraction of sp³-hybridized carbons (Fsp3) is 0.412. The highest BCUT2D eigenvalue weighted by Crippen LogP contribution is 2.23. The second kappa shape index (κ2) is 7.74. The lowest BCUT2D eigenvalue weighted by Crippen LogP contribution is -2.27. The van der Waals surface area contributed by atoms with Crippen LogP contribution in [0.5, 0.6) is 0 Å². The van der Waals surface area contributed by atoms with Crippen LogP contribution < -0.4 is 5.32 Å². The Labute approximate surface area is 160 Å². The number of amides is 1. The average Bonchev–Trinajstić information content (AvgIpc) is 2.99. The highest BCUT2D eigenvalue weighted by Gasteiger charge is 2.27. The Kier molecular flexibility index (Phi) is 5.97. The lowest BCUT2D eigenvalue weighted by atomic mass is 9.95. The Morgan fingerprint density at radius 2 is 1.71 bits per heavy atom. The highest BCUT2D eigenvalue weighted by molar-refractivity contribution is 7.90. The molecule has 1 aromatic carbocycles. The van der Waals surface area contributed by atoms with Gasteiger partial charge in [-0.25, -0.2) is 17.2 Å². The molecule has 1 N–H and O–H groups in total. The molecule has 1 aromatic heterocycles. The van der Waals surface area contributed by atoms with E-state index in [2.05, 4.69) is 15.5 Å². The minimum Gasteiger partial charge on any atom is -0.326 e. The lowest BCUT2D eigenvalue weighted by molar-refractivity contribution is -0.123. The number of benzene rings is 1. The van der Waals surface area contributed by atoms with E-state index in [4.69, 9.17) is 0 Å². The average molecular weight is 414 g/mol. The van der Waals surface area contributed by atoms with Gasteiger partial charge in [-0.05, 0) is 24.3 Å². The van der Waals surface area contributed by atoms with E-state index in [1.807, 2.05) is 0 Å². The smallest absolute Gasteiger partial charge is 0.285 e. The summed E-state index contributed by atoms with van der Waals surface area (Å²) in [4.78, 5) is 24.9. The first-order valence-electron chi connectivity index (χ1n) is 8.17. The number of nitrogens with one attached hydrogen (secondary N) is 1. The van der Waals surface area contributed by atoms with Gasteiger partial charge in [0.1, 0.15) is 6.54 Å². The van der Waals surface area contributed by atoms with E-state index in [1.165, 1.54) is 24.3 Å². The van der Waals surface area contributed by atoms with Gasteiger partial charge in [0.15, 0.2) is 21.3 Å². The summed E-state index contributed by atoms with van der Waals surface area (Å²) in [6.45, 7) is 4.77. The molecule has 0 saturated carbocycles. The molecule has 152 valence electrons. The topological polar surface area (TPSA) is 111 Å². The van der Waals surface area contributed by atoms with Crippen LogP contribution in [0.1, 0.15) is 43.2 Å². The summed E-state index contributed by atoms with van der Waals surface area (Å²) >= 11 is 0. The first kappa shape index (κ1) is 21.6. The van der Waals surface area contributed by atoms with Crippen molar-refractivity contribution in [2.24, 2.45) is 5.41 Å². The van der Waals surface area contributed by atoms with E-state index in [9.17, 15) is 26.8 Å². The number of ketones is 1. The van der Waals surface area contributed by atoms with Gasteiger partial charge in [0, 0.05) is 22.9 Å². The summed E-state index contributed by atoms with van der Waals surface area (Å²) < 4.78 is 49.0. The van der Waals surface area contributed by atoms with Crippen molar-refractivity contribution in [1.82, 2.24) is 15.0 Å². The molecule has 0 atom stereocenters.